The Bertz CT molecular complexity index is 218. The molecule has 0 spiro atoms. The number of hydrogen-bond donors (Lipinski definition) is 1. The van der Waals surface area contributed by atoms with E-state index in [2.05, 4.69) is 4.90 Å². The van der Waals surface area contributed by atoms with Gasteiger partial charge in [0, 0.05) is 19.1 Å². The van der Waals surface area contributed by atoms with Crippen molar-refractivity contribution in [2.45, 2.75) is 50.4 Å². The van der Waals surface area contributed by atoms with E-state index in [-0.39, 0.29) is 0 Å². The summed E-state index contributed by atoms with van der Waals surface area (Å²) in [7, 11) is 0. The summed E-state index contributed by atoms with van der Waals surface area (Å²) in [5.74, 6) is 0.850. The number of nitrogens with zero attached hydrogens (tertiary/aromatic N) is 1. The van der Waals surface area contributed by atoms with Crippen molar-refractivity contribution in [3.8, 4) is 0 Å². The first kappa shape index (κ1) is 10.1. The highest BCUT2D eigenvalue weighted by Crippen LogP contribution is 2.33. The Balaban J connectivity index is 1.43. The zero-order valence-corrected chi connectivity index (χ0v) is 9.40. The standard InChI is InChI=1S/C12H22N2O/c13-12(9-1-2-9)5-6-14-7-10-3-4-11(8-14)15-10/h9-12H,1-8,13H2. The second-order valence-corrected chi connectivity index (χ2v) is 5.51. The summed E-state index contributed by atoms with van der Waals surface area (Å²) in [6.45, 7) is 3.48. The number of morpholine rings is 1. The van der Waals surface area contributed by atoms with Crippen molar-refractivity contribution in [2.75, 3.05) is 19.6 Å². The lowest BCUT2D eigenvalue weighted by Crippen LogP contribution is -2.44. The van der Waals surface area contributed by atoms with Gasteiger partial charge in [0.1, 0.15) is 0 Å². The highest BCUT2D eigenvalue weighted by Gasteiger charge is 2.34. The van der Waals surface area contributed by atoms with Crippen LogP contribution in [0.2, 0.25) is 0 Å². The van der Waals surface area contributed by atoms with E-state index in [1.54, 1.807) is 0 Å². The Morgan fingerprint density at radius 1 is 1.13 bits per heavy atom. The maximum atomic E-state index is 6.12. The van der Waals surface area contributed by atoms with E-state index in [0.29, 0.717) is 18.2 Å². The Hall–Kier alpha value is -0.120. The van der Waals surface area contributed by atoms with Crippen LogP contribution in [0, 0.1) is 5.92 Å². The molecule has 3 heteroatoms. The summed E-state index contributed by atoms with van der Waals surface area (Å²) in [5, 5.41) is 0. The van der Waals surface area contributed by atoms with Crippen LogP contribution in [0.5, 0.6) is 0 Å². The fraction of sp³-hybridized carbons (Fsp3) is 1.00. The van der Waals surface area contributed by atoms with Crippen molar-refractivity contribution in [3.63, 3.8) is 0 Å². The molecule has 2 N–H and O–H groups in total. The van der Waals surface area contributed by atoms with Gasteiger partial charge in [0.05, 0.1) is 12.2 Å². The van der Waals surface area contributed by atoms with E-state index >= 15 is 0 Å². The van der Waals surface area contributed by atoms with Crippen LogP contribution in [0.3, 0.4) is 0 Å². The molecule has 2 saturated heterocycles. The molecule has 2 heterocycles. The van der Waals surface area contributed by atoms with Crippen LogP contribution in [0.25, 0.3) is 0 Å². The number of rotatable bonds is 4. The summed E-state index contributed by atoms with van der Waals surface area (Å²) >= 11 is 0. The van der Waals surface area contributed by atoms with Gasteiger partial charge in [-0.2, -0.15) is 0 Å². The molecule has 86 valence electrons. The van der Waals surface area contributed by atoms with Gasteiger partial charge in [0.2, 0.25) is 0 Å². The smallest absolute Gasteiger partial charge is 0.0707 e. The molecule has 3 aliphatic rings. The van der Waals surface area contributed by atoms with Gasteiger partial charge in [-0.3, -0.25) is 4.90 Å². The Kier molecular flexibility index (Phi) is 2.71. The first-order valence-corrected chi connectivity index (χ1v) is 6.44. The predicted molar refractivity (Wildman–Crippen MR) is 59.7 cm³/mol. The third kappa shape index (κ3) is 2.35. The van der Waals surface area contributed by atoms with Gasteiger partial charge in [-0.25, -0.2) is 0 Å². The fourth-order valence-electron chi connectivity index (χ4n) is 2.97. The Morgan fingerprint density at radius 2 is 1.80 bits per heavy atom. The summed E-state index contributed by atoms with van der Waals surface area (Å²) in [6.07, 6.45) is 7.53. The average molecular weight is 210 g/mol. The molecule has 2 aliphatic heterocycles. The topological polar surface area (TPSA) is 38.5 Å². The lowest BCUT2D eigenvalue weighted by Gasteiger charge is -2.32. The van der Waals surface area contributed by atoms with Crippen molar-refractivity contribution in [1.82, 2.24) is 4.90 Å². The molecular weight excluding hydrogens is 188 g/mol. The van der Waals surface area contributed by atoms with Crippen LogP contribution in [0.15, 0.2) is 0 Å². The number of hydrogen-bond acceptors (Lipinski definition) is 3. The Labute approximate surface area is 91.9 Å². The van der Waals surface area contributed by atoms with Crippen LogP contribution in [0.1, 0.15) is 32.1 Å². The van der Waals surface area contributed by atoms with Crippen LogP contribution >= 0.6 is 0 Å². The number of likely N-dealkylation sites (tertiary alicyclic amines) is 1. The van der Waals surface area contributed by atoms with Crippen molar-refractivity contribution in [3.05, 3.63) is 0 Å². The van der Waals surface area contributed by atoms with Crippen molar-refractivity contribution < 1.29 is 4.74 Å². The van der Waals surface area contributed by atoms with Gasteiger partial charge in [-0.15, -0.1) is 0 Å². The minimum Gasteiger partial charge on any atom is -0.372 e. The van der Waals surface area contributed by atoms with Crippen molar-refractivity contribution in [2.24, 2.45) is 11.7 Å². The minimum atomic E-state index is 0.463. The third-order valence-electron chi connectivity index (χ3n) is 4.13. The highest BCUT2D eigenvalue weighted by molar-refractivity contribution is 4.88. The SMILES string of the molecule is NC(CCN1CC2CCC(C1)O2)C1CC1. The zero-order chi connectivity index (χ0) is 10.3. The number of fused-ring (bicyclic) bond motifs is 2. The summed E-state index contributed by atoms with van der Waals surface area (Å²) < 4.78 is 5.82. The quantitative estimate of drug-likeness (QED) is 0.751. The average Bonchev–Trinajstić information content (AvgIpc) is 3.02. The lowest BCUT2D eigenvalue weighted by atomic mass is 10.1. The van der Waals surface area contributed by atoms with E-state index in [4.69, 9.17) is 10.5 Å². The second kappa shape index (κ2) is 4.04. The molecule has 3 unspecified atom stereocenters. The van der Waals surface area contributed by atoms with E-state index < -0.39 is 0 Å². The predicted octanol–water partition coefficient (Wildman–Crippen LogP) is 0.977. The zero-order valence-electron chi connectivity index (χ0n) is 9.40. The molecule has 2 bridgehead atoms. The molecule has 0 aromatic rings. The van der Waals surface area contributed by atoms with Crippen LogP contribution in [-0.2, 0) is 4.74 Å². The molecule has 3 fully saturated rings. The maximum Gasteiger partial charge on any atom is 0.0707 e. The van der Waals surface area contributed by atoms with Gasteiger partial charge in [0.25, 0.3) is 0 Å². The summed E-state index contributed by atoms with van der Waals surface area (Å²) in [6, 6.07) is 0.463. The van der Waals surface area contributed by atoms with Crippen LogP contribution in [0.4, 0.5) is 0 Å². The molecule has 0 radical (unpaired) electrons. The van der Waals surface area contributed by atoms with E-state index in [1.165, 1.54) is 38.6 Å². The number of ether oxygens (including phenoxy) is 1. The molecule has 15 heavy (non-hydrogen) atoms. The third-order valence-corrected chi connectivity index (χ3v) is 4.13. The van der Waals surface area contributed by atoms with E-state index in [1.807, 2.05) is 0 Å². The van der Waals surface area contributed by atoms with Gasteiger partial charge in [0.15, 0.2) is 0 Å². The van der Waals surface area contributed by atoms with Gasteiger partial charge in [-0.1, -0.05) is 0 Å². The van der Waals surface area contributed by atoms with Crippen molar-refractivity contribution >= 4 is 0 Å². The van der Waals surface area contributed by atoms with Gasteiger partial charge >= 0.3 is 0 Å². The highest BCUT2D eigenvalue weighted by atomic mass is 16.5. The van der Waals surface area contributed by atoms with E-state index in [9.17, 15) is 0 Å². The Morgan fingerprint density at radius 3 is 2.40 bits per heavy atom. The number of nitrogens with two attached hydrogens (primary N) is 1. The second-order valence-electron chi connectivity index (χ2n) is 5.51. The molecule has 0 aromatic heterocycles. The van der Waals surface area contributed by atoms with Crippen LogP contribution in [-0.4, -0.2) is 42.8 Å². The summed E-state index contributed by atoms with van der Waals surface area (Å²) in [5.41, 5.74) is 6.12. The molecule has 1 aliphatic carbocycles. The van der Waals surface area contributed by atoms with E-state index in [0.717, 1.165) is 19.0 Å². The minimum absolute atomic E-state index is 0.463. The van der Waals surface area contributed by atoms with Gasteiger partial charge < -0.3 is 10.5 Å². The fourth-order valence-corrected chi connectivity index (χ4v) is 2.97. The van der Waals surface area contributed by atoms with Crippen LogP contribution < -0.4 is 5.73 Å². The van der Waals surface area contributed by atoms with Crippen molar-refractivity contribution in [1.29, 1.82) is 0 Å². The molecule has 3 nitrogen and oxygen atoms in total. The van der Waals surface area contributed by atoms with Gasteiger partial charge in [-0.05, 0) is 44.6 Å². The largest absolute Gasteiger partial charge is 0.372 e. The first-order valence-electron chi connectivity index (χ1n) is 6.44. The monoisotopic (exact) mass is 210 g/mol. The molecular formula is C12H22N2O. The molecule has 3 atom stereocenters. The first-order chi connectivity index (χ1) is 7.31. The molecule has 3 rings (SSSR count). The summed E-state index contributed by atoms with van der Waals surface area (Å²) in [4.78, 5) is 2.56. The lowest BCUT2D eigenvalue weighted by molar-refractivity contribution is -0.0389. The normalized spacial score (nSPS) is 38.2. The molecule has 1 saturated carbocycles. The molecule has 0 aromatic carbocycles. The molecule has 0 amide bonds. The maximum absolute atomic E-state index is 6.12.